The molecule has 18 heavy (non-hydrogen) atoms. The van der Waals surface area contributed by atoms with Crippen LogP contribution >= 0.6 is 0 Å². The molecule has 0 saturated heterocycles. The maximum absolute atomic E-state index is 13.0. The first-order valence-electron chi connectivity index (χ1n) is 4.87. The number of nitrogens with two attached hydrogens (primary N) is 2. The fourth-order valence-corrected chi connectivity index (χ4v) is 1.36. The minimum Gasteiger partial charge on any atom is -0.383 e. The predicted octanol–water partition coefficient (Wildman–Crippen LogP) is 1.10. The third-order valence-electron chi connectivity index (χ3n) is 2.26. The number of carbonyl (C=O) groups excluding carboxylic acids is 1. The van der Waals surface area contributed by atoms with Crippen LogP contribution in [-0.2, 0) is 0 Å². The first-order chi connectivity index (χ1) is 8.49. The molecule has 1 heterocycles. The number of nitrogens with zero attached hydrogens (tertiary/aromatic N) is 2. The Morgan fingerprint density at radius 2 is 1.94 bits per heavy atom. The van der Waals surface area contributed by atoms with Crippen molar-refractivity contribution in [3.05, 3.63) is 41.6 Å². The van der Waals surface area contributed by atoms with Crippen LogP contribution in [0.1, 0.15) is 10.4 Å². The maximum atomic E-state index is 13.0. The molecule has 0 saturated carbocycles. The summed E-state index contributed by atoms with van der Waals surface area (Å²) in [6, 6.07) is 3.19. The lowest BCUT2D eigenvalue weighted by atomic mass is 10.2. The lowest BCUT2D eigenvalue weighted by Crippen LogP contribution is -2.15. The molecule has 1 aromatic heterocycles. The molecule has 2 rings (SSSR count). The number of anilines is 1. The van der Waals surface area contributed by atoms with Crippen LogP contribution in [0.2, 0.25) is 0 Å². The highest BCUT2D eigenvalue weighted by atomic mass is 19.2. The van der Waals surface area contributed by atoms with Crippen molar-refractivity contribution in [2.24, 2.45) is 5.73 Å². The van der Waals surface area contributed by atoms with Crippen LogP contribution in [0.4, 0.5) is 14.6 Å². The Bertz CT molecular complexity index is 630. The van der Waals surface area contributed by atoms with Crippen molar-refractivity contribution in [1.29, 1.82) is 0 Å². The topological polar surface area (TPSA) is 94.9 Å². The van der Waals surface area contributed by atoms with E-state index < -0.39 is 17.5 Å². The van der Waals surface area contributed by atoms with Crippen molar-refractivity contribution in [3.8, 4) is 11.4 Å². The van der Waals surface area contributed by atoms with Gasteiger partial charge in [0, 0.05) is 11.8 Å². The van der Waals surface area contributed by atoms with E-state index in [0.29, 0.717) is 0 Å². The summed E-state index contributed by atoms with van der Waals surface area (Å²) < 4.78 is 25.8. The fraction of sp³-hybridized carbons (Fsp3) is 0. The number of hydrogen-bond acceptors (Lipinski definition) is 4. The number of benzene rings is 1. The predicted molar refractivity (Wildman–Crippen MR) is 60.3 cm³/mol. The molecular formula is C11H8F2N4O. The fourth-order valence-electron chi connectivity index (χ4n) is 1.36. The van der Waals surface area contributed by atoms with Crippen molar-refractivity contribution >= 4 is 11.7 Å². The summed E-state index contributed by atoms with van der Waals surface area (Å²) in [4.78, 5) is 18.6. The zero-order valence-electron chi connectivity index (χ0n) is 9.02. The van der Waals surface area contributed by atoms with Crippen molar-refractivity contribution in [2.45, 2.75) is 0 Å². The van der Waals surface area contributed by atoms with E-state index in [-0.39, 0.29) is 22.8 Å². The molecule has 0 atom stereocenters. The Kier molecular flexibility index (Phi) is 2.88. The van der Waals surface area contributed by atoms with E-state index in [4.69, 9.17) is 11.5 Å². The molecule has 0 unspecified atom stereocenters. The number of aromatic nitrogens is 2. The largest absolute Gasteiger partial charge is 0.383 e. The second-order valence-corrected chi connectivity index (χ2v) is 3.49. The summed E-state index contributed by atoms with van der Waals surface area (Å²) in [5, 5.41) is 0. The minimum absolute atomic E-state index is 0.0265. The average Bonchev–Trinajstić information content (AvgIpc) is 2.32. The number of nitrogen functional groups attached to an aromatic ring is 1. The molecule has 4 N–H and O–H groups in total. The van der Waals surface area contributed by atoms with Crippen molar-refractivity contribution < 1.29 is 13.6 Å². The average molecular weight is 250 g/mol. The molecule has 0 fully saturated rings. The van der Waals surface area contributed by atoms with E-state index >= 15 is 0 Å². The van der Waals surface area contributed by atoms with E-state index in [1.54, 1.807) is 0 Å². The van der Waals surface area contributed by atoms with Gasteiger partial charge < -0.3 is 11.5 Å². The van der Waals surface area contributed by atoms with E-state index in [1.807, 2.05) is 0 Å². The summed E-state index contributed by atoms with van der Waals surface area (Å²) in [6.07, 6.45) is 1.14. The Hall–Kier alpha value is -2.57. The lowest BCUT2D eigenvalue weighted by Gasteiger charge is -2.04. The third kappa shape index (κ3) is 2.10. The molecule has 7 heteroatoms. The zero-order valence-corrected chi connectivity index (χ0v) is 9.02. The molecule has 0 aliphatic heterocycles. The first kappa shape index (κ1) is 11.9. The molecule has 92 valence electrons. The molecule has 2 aromatic rings. The molecule has 0 radical (unpaired) electrons. The van der Waals surface area contributed by atoms with Gasteiger partial charge in [-0.15, -0.1) is 0 Å². The Labute approximate surface area is 100 Å². The van der Waals surface area contributed by atoms with Gasteiger partial charge in [0.15, 0.2) is 17.5 Å². The first-order valence-corrected chi connectivity index (χ1v) is 4.87. The van der Waals surface area contributed by atoms with E-state index in [2.05, 4.69) is 9.97 Å². The molecular weight excluding hydrogens is 242 g/mol. The molecule has 1 amide bonds. The number of primary amides is 1. The van der Waals surface area contributed by atoms with Gasteiger partial charge in [-0.05, 0) is 18.2 Å². The van der Waals surface area contributed by atoms with Crippen molar-refractivity contribution in [2.75, 3.05) is 5.73 Å². The van der Waals surface area contributed by atoms with Crippen LogP contribution in [0.5, 0.6) is 0 Å². The van der Waals surface area contributed by atoms with Gasteiger partial charge in [-0.1, -0.05) is 0 Å². The quantitative estimate of drug-likeness (QED) is 0.834. The molecule has 0 aliphatic carbocycles. The second kappa shape index (κ2) is 4.36. The molecule has 0 spiro atoms. The van der Waals surface area contributed by atoms with E-state index in [9.17, 15) is 13.6 Å². The van der Waals surface area contributed by atoms with Gasteiger partial charge in [0.1, 0.15) is 5.82 Å². The Morgan fingerprint density at radius 1 is 1.22 bits per heavy atom. The highest BCUT2D eigenvalue weighted by Gasteiger charge is 2.11. The van der Waals surface area contributed by atoms with Gasteiger partial charge in [-0.2, -0.15) is 0 Å². The van der Waals surface area contributed by atoms with Crippen molar-refractivity contribution in [1.82, 2.24) is 9.97 Å². The summed E-state index contributed by atoms with van der Waals surface area (Å²) in [5.41, 5.74) is 10.8. The molecule has 1 aromatic carbocycles. The monoisotopic (exact) mass is 250 g/mol. The van der Waals surface area contributed by atoms with Crippen LogP contribution < -0.4 is 11.5 Å². The van der Waals surface area contributed by atoms with Gasteiger partial charge in [-0.3, -0.25) is 4.79 Å². The number of amides is 1. The Morgan fingerprint density at radius 3 is 2.50 bits per heavy atom. The van der Waals surface area contributed by atoms with Gasteiger partial charge in [0.2, 0.25) is 0 Å². The van der Waals surface area contributed by atoms with Crippen molar-refractivity contribution in [3.63, 3.8) is 0 Å². The summed E-state index contributed by atoms with van der Waals surface area (Å²) in [6.45, 7) is 0. The molecule has 0 bridgehead atoms. The van der Waals surface area contributed by atoms with Gasteiger partial charge >= 0.3 is 0 Å². The third-order valence-corrected chi connectivity index (χ3v) is 2.26. The van der Waals surface area contributed by atoms with Gasteiger partial charge in [0.25, 0.3) is 5.91 Å². The van der Waals surface area contributed by atoms with Gasteiger partial charge in [-0.25, -0.2) is 18.7 Å². The summed E-state index contributed by atoms with van der Waals surface area (Å²) >= 11 is 0. The van der Waals surface area contributed by atoms with Crippen LogP contribution in [-0.4, -0.2) is 15.9 Å². The zero-order chi connectivity index (χ0) is 13.3. The molecule has 0 aliphatic rings. The normalized spacial score (nSPS) is 10.3. The van der Waals surface area contributed by atoms with Crippen LogP contribution in [0.15, 0.2) is 24.4 Å². The van der Waals surface area contributed by atoms with Crippen LogP contribution in [0.3, 0.4) is 0 Å². The molecule has 5 nitrogen and oxygen atoms in total. The second-order valence-electron chi connectivity index (χ2n) is 3.49. The van der Waals surface area contributed by atoms with E-state index in [0.717, 1.165) is 18.3 Å². The highest BCUT2D eigenvalue weighted by Crippen LogP contribution is 2.19. The summed E-state index contributed by atoms with van der Waals surface area (Å²) in [5.74, 6) is -2.79. The maximum Gasteiger partial charge on any atom is 0.254 e. The standard InChI is InChI=1S/C11H8F2N4O/c12-7-2-1-5(3-8(7)13)11-16-4-6(10(15)18)9(14)17-11/h1-4H,(H2,15,18)(H2,14,16,17). The van der Waals surface area contributed by atoms with E-state index in [1.165, 1.54) is 6.07 Å². The highest BCUT2D eigenvalue weighted by molar-refractivity contribution is 5.96. The number of rotatable bonds is 2. The number of hydrogen-bond donors (Lipinski definition) is 2. The number of carbonyl (C=O) groups is 1. The number of halogens is 2. The van der Waals surface area contributed by atoms with Gasteiger partial charge in [0.05, 0.1) is 5.56 Å². The van der Waals surface area contributed by atoms with Crippen LogP contribution in [0.25, 0.3) is 11.4 Å². The Balaban J connectivity index is 2.48. The smallest absolute Gasteiger partial charge is 0.254 e. The SMILES string of the molecule is NC(=O)c1cnc(-c2ccc(F)c(F)c2)nc1N. The lowest BCUT2D eigenvalue weighted by molar-refractivity contribution is 0.100. The minimum atomic E-state index is -1.02. The summed E-state index contributed by atoms with van der Waals surface area (Å²) in [7, 11) is 0. The van der Waals surface area contributed by atoms with Crippen LogP contribution in [0, 0.1) is 11.6 Å².